The Bertz CT molecular complexity index is 499. The van der Waals surface area contributed by atoms with Crippen LogP contribution in [-0.4, -0.2) is 30.6 Å². The van der Waals surface area contributed by atoms with Crippen molar-refractivity contribution in [3.05, 3.63) is 27.8 Å². The molecule has 0 bridgehead atoms. The van der Waals surface area contributed by atoms with Gasteiger partial charge in [-0.1, -0.05) is 11.6 Å². The standard InChI is InChI=1S/C12H14ClNO4/c1-6-4-8(18-3)10(7(2)11(6)13)12(17)14-5-9(15)16/h4H,5H2,1-3H3,(H,14,17)(H,15,16). The molecule has 0 aliphatic rings. The van der Waals surface area contributed by atoms with E-state index < -0.39 is 18.4 Å². The molecule has 6 heteroatoms. The molecule has 0 saturated carbocycles. The smallest absolute Gasteiger partial charge is 0.322 e. The summed E-state index contributed by atoms with van der Waals surface area (Å²) in [5.74, 6) is -1.26. The number of aryl methyl sites for hydroxylation is 1. The van der Waals surface area contributed by atoms with Crippen LogP contribution >= 0.6 is 11.6 Å². The summed E-state index contributed by atoms with van der Waals surface area (Å²) in [6.45, 7) is 3.04. The zero-order valence-electron chi connectivity index (χ0n) is 10.3. The maximum absolute atomic E-state index is 11.9. The predicted molar refractivity (Wildman–Crippen MR) is 67.4 cm³/mol. The molecule has 0 unspecified atom stereocenters. The lowest BCUT2D eigenvalue weighted by molar-refractivity contribution is -0.135. The van der Waals surface area contributed by atoms with Crippen molar-refractivity contribution in [2.45, 2.75) is 13.8 Å². The molecule has 0 aliphatic heterocycles. The molecule has 0 aliphatic carbocycles. The van der Waals surface area contributed by atoms with Crippen LogP contribution in [0.25, 0.3) is 0 Å². The van der Waals surface area contributed by atoms with Crippen LogP contribution in [0.4, 0.5) is 0 Å². The van der Waals surface area contributed by atoms with E-state index in [-0.39, 0.29) is 5.56 Å². The summed E-state index contributed by atoms with van der Waals surface area (Å²) >= 11 is 6.07. The van der Waals surface area contributed by atoms with Gasteiger partial charge in [0.05, 0.1) is 12.7 Å². The maximum atomic E-state index is 11.9. The third kappa shape index (κ3) is 2.92. The van der Waals surface area contributed by atoms with E-state index in [4.69, 9.17) is 21.4 Å². The molecule has 0 saturated heterocycles. The van der Waals surface area contributed by atoms with Gasteiger partial charge in [0, 0.05) is 5.02 Å². The number of aliphatic carboxylic acids is 1. The molecule has 0 fully saturated rings. The number of halogens is 1. The van der Waals surface area contributed by atoms with Crippen molar-refractivity contribution in [2.24, 2.45) is 0 Å². The molecule has 5 nitrogen and oxygen atoms in total. The Kier molecular flexibility index (Phi) is 4.55. The number of methoxy groups -OCH3 is 1. The average Bonchev–Trinajstić information content (AvgIpc) is 2.32. The Labute approximate surface area is 110 Å². The van der Waals surface area contributed by atoms with Gasteiger partial charge in [-0.25, -0.2) is 0 Å². The minimum Gasteiger partial charge on any atom is -0.496 e. The van der Waals surface area contributed by atoms with Crippen LogP contribution in [0.3, 0.4) is 0 Å². The van der Waals surface area contributed by atoms with Crippen LogP contribution in [0.5, 0.6) is 5.75 Å². The zero-order valence-corrected chi connectivity index (χ0v) is 11.1. The number of carbonyl (C=O) groups is 2. The first kappa shape index (κ1) is 14.3. The lowest BCUT2D eigenvalue weighted by Gasteiger charge is -2.14. The van der Waals surface area contributed by atoms with E-state index in [1.54, 1.807) is 19.9 Å². The molecule has 98 valence electrons. The third-order valence-corrected chi connectivity index (χ3v) is 3.07. The summed E-state index contributed by atoms with van der Waals surface area (Å²) in [7, 11) is 1.44. The number of rotatable bonds is 4. The van der Waals surface area contributed by atoms with Crippen molar-refractivity contribution in [1.29, 1.82) is 0 Å². The number of hydrogen-bond donors (Lipinski definition) is 2. The van der Waals surface area contributed by atoms with Crippen LogP contribution in [0.2, 0.25) is 5.02 Å². The van der Waals surface area contributed by atoms with Gasteiger partial charge in [-0.3, -0.25) is 9.59 Å². The fourth-order valence-corrected chi connectivity index (χ4v) is 1.76. The molecule has 0 spiro atoms. The highest BCUT2D eigenvalue weighted by atomic mass is 35.5. The molecule has 0 heterocycles. The van der Waals surface area contributed by atoms with Gasteiger partial charge in [0.2, 0.25) is 0 Å². The summed E-state index contributed by atoms with van der Waals surface area (Å²) in [4.78, 5) is 22.3. The van der Waals surface area contributed by atoms with E-state index in [9.17, 15) is 9.59 Å². The van der Waals surface area contributed by atoms with E-state index in [0.717, 1.165) is 5.56 Å². The second kappa shape index (κ2) is 5.73. The lowest BCUT2D eigenvalue weighted by Crippen LogP contribution is -2.30. The number of benzene rings is 1. The highest BCUT2D eigenvalue weighted by Crippen LogP contribution is 2.31. The average molecular weight is 272 g/mol. The van der Waals surface area contributed by atoms with E-state index in [1.165, 1.54) is 7.11 Å². The number of carbonyl (C=O) groups excluding carboxylic acids is 1. The van der Waals surface area contributed by atoms with Gasteiger partial charge in [-0.15, -0.1) is 0 Å². The molecule has 18 heavy (non-hydrogen) atoms. The van der Waals surface area contributed by atoms with Gasteiger partial charge in [0.1, 0.15) is 12.3 Å². The van der Waals surface area contributed by atoms with Crippen LogP contribution in [0.15, 0.2) is 6.07 Å². The summed E-state index contributed by atoms with van der Waals surface area (Å²) in [6, 6.07) is 1.64. The first-order valence-electron chi connectivity index (χ1n) is 5.22. The number of carboxylic acids is 1. The molecule has 1 aromatic rings. The molecule has 1 rings (SSSR count). The summed E-state index contributed by atoms with van der Waals surface area (Å²) in [5.41, 5.74) is 1.62. The lowest BCUT2D eigenvalue weighted by atomic mass is 10.0. The maximum Gasteiger partial charge on any atom is 0.322 e. The molecule has 2 N–H and O–H groups in total. The molecule has 1 aromatic carbocycles. The highest BCUT2D eigenvalue weighted by Gasteiger charge is 2.19. The van der Waals surface area contributed by atoms with Gasteiger partial charge >= 0.3 is 5.97 Å². The van der Waals surface area contributed by atoms with Gasteiger partial charge in [-0.05, 0) is 31.0 Å². The molecule has 0 atom stereocenters. The Morgan fingerprint density at radius 1 is 1.44 bits per heavy atom. The van der Waals surface area contributed by atoms with Crippen LogP contribution in [0, 0.1) is 13.8 Å². The SMILES string of the molecule is COc1cc(C)c(Cl)c(C)c1C(=O)NCC(=O)O. The van der Waals surface area contributed by atoms with Gasteiger partial charge in [0.15, 0.2) is 0 Å². The number of amides is 1. The topological polar surface area (TPSA) is 75.6 Å². The minimum atomic E-state index is -1.11. The molecule has 0 aromatic heterocycles. The fourth-order valence-electron chi connectivity index (χ4n) is 1.61. The summed E-state index contributed by atoms with van der Waals surface area (Å²) in [6.07, 6.45) is 0. The van der Waals surface area contributed by atoms with E-state index in [2.05, 4.69) is 5.32 Å². The zero-order chi connectivity index (χ0) is 13.9. The molecular weight excluding hydrogens is 258 g/mol. The largest absolute Gasteiger partial charge is 0.496 e. The van der Waals surface area contributed by atoms with Crippen LogP contribution in [0.1, 0.15) is 21.5 Å². The Hall–Kier alpha value is -1.75. The Balaban J connectivity index is 3.18. The van der Waals surface area contributed by atoms with Gasteiger partial charge in [0.25, 0.3) is 5.91 Å². The van der Waals surface area contributed by atoms with Crippen molar-refractivity contribution in [3.8, 4) is 5.75 Å². The van der Waals surface area contributed by atoms with Crippen molar-refractivity contribution in [2.75, 3.05) is 13.7 Å². The van der Waals surface area contributed by atoms with Gasteiger partial charge in [-0.2, -0.15) is 0 Å². The predicted octanol–water partition coefficient (Wildman–Crippen LogP) is 1.78. The minimum absolute atomic E-state index is 0.259. The Morgan fingerprint density at radius 2 is 2.06 bits per heavy atom. The number of carboxylic acid groups (broad SMARTS) is 1. The normalized spacial score (nSPS) is 10.0. The first-order valence-corrected chi connectivity index (χ1v) is 5.60. The number of hydrogen-bond acceptors (Lipinski definition) is 3. The second-order valence-corrected chi connectivity index (χ2v) is 4.16. The van der Waals surface area contributed by atoms with Crippen molar-refractivity contribution < 1.29 is 19.4 Å². The van der Waals surface area contributed by atoms with Crippen LogP contribution in [-0.2, 0) is 4.79 Å². The van der Waals surface area contributed by atoms with Crippen molar-refractivity contribution in [1.82, 2.24) is 5.32 Å². The van der Waals surface area contributed by atoms with E-state index in [1.807, 2.05) is 0 Å². The molecular formula is C12H14ClNO4. The quantitative estimate of drug-likeness (QED) is 0.875. The Morgan fingerprint density at radius 3 is 2.56 bits per heavy atom. The third-order valence-electron chi connectivity index (χ3n) is 2.49. The van der Waals surface area contributed by atoms with Crippen LogP contribution < -0.4 is 10.1 Å². The fraction of sp³-hybridized carbons (Fsp3) is 0.333. The van der Waals surface area contributed by atoms with Gasteiger partial charge < -0.3 is 15.2 Å². The van der Waals surface area contributed by atoms with Crippen molar-refractivity contribution >= 4 is 23.5 Å². The number of ether oxygens (including phenoxy) is 1. The summed E-state index contributed by atoms with van der Waals surface area (Å²) < 4.78 is 5.12. The monoisotopic (exact) mass is 271 g/mol. The van der Waals surface area contributed by atoms with E-state index in [0.29, 0.717) is 16.3 Å². The highest BCUT2D eigenvalue weighted by molar-refractivity contribution is 6.32. The summed E-state index contributed by atoms with van der Waals surface area (Å²) in [5, 5.41) is 11.3. The van der Waals surface area contributed by atoms with Crippen molar-refractivity contribution in [3.63, 3.8) is 0 Å². The number of nitrogens with one attached hydrogen (secondary N) is 1. The second-order valence-electron chi connectivity index (χ2n) is 3.79. The first-order chi connectivity index (χ1) is 8.38. The van der Waals surface area contributed by atoms with E-state index >= 15 is 0 Å². The molecule has 0 radical (unpaired) electrons. The molecule has 1 amide bonds.